The van der Waals surface area contributed by atoms with E-state index in [1.165, 1.54) is 30.0 Å². The molecule has 0 radical (unpaired) electrons. The van der Waals surface area contributed by atoms with Gasteiger partial charge in [-0.05, 0) is 37.3 Å². The van der Waals surface area contributed by atoms with Gasteiger partial charge in [0, 0.05) is 7.05 Å². The van der Waals surface area contributed by atoms with Crippen LogP contribution in [-0.2, 0) is 11.8 Å². The lowest BCUT2D eigenvalue weighted by molar-refractivity contribution is -0.115. The highest BCUT2D eigenvalue weighted by molar-refractivity contribution is 8.00. The molecule has 0 fully saturated rings. The minimum atomic E-state index is -0.444. The van der Waals surface area contributed by atoms with Crippen LogP contribution in [0.25, 0.3) is 11.0 Å². The molecule has 1 aromatic heterocycles. The van der Waals surface area contributed by atoms with Crippen LogP contribution in [0.3, 0.4) is 0 Å². The second-order valence-electron chi connectivity index (χ2n) is 5.32. The van der Waals surface area contributed by atoms with E-state index in [4.69, 9.17) is 11.6 Å². The Hall–Kier alpha value is -2.05. The number of para-hydroxylation sites is 2. The van der Waals surface area contributed by atoms with Crippen molar-refractivity contribution in [2.24, 2.45) is 7.05 Å². The van der Waals surface area contributed by atoms with Gasteiger partial charge in [-0.1, -0.05) is 35.5 Å². The van der Waals surface area contributed by atoms with Crippen LogP contribution in [-0.4, -0.2) is 20.7 Å². The molecule has 1 unspecified atom stereocenters. The van der Waals surface area contributed by atoms with E-state index in [1.807, 2.05) is 35.9 Å². The molecule has 7 heteroatoms. The molecule has 24 heavy (non-hydrogen) atoms. The number of imidazole rings is 1. The average molecular weight is 364 g/mol. The summed E-state index contributed by atoms with van der Waals surface area (Å²) in [6.07, 6.45) is 0. The van der Waals surface area contributed by atoms with Gasteiger partial charge in [0.15, 0.2) is 5.16 Å². The number of aromatic nitrogens is 2. The second-order valence-corrected chi connectivity index (χ2v) is 7.03. The zero-order chi connectivity index (χ0) is 17.3. The first-order valence-corrected chi connectivity index (χ1v) is 8.55. The quantitative estimate of drug-likeness (QED) is 0.695. The number of thioether (sulfide) groups is 1. The monoisotopic (exact) mass is 363 g/mol. The van der Waals surface area contributed by atoms with E-state index in [2.05, 4.69) is 10.3 Å². The minimum Gasteiger partial charge on any atom is -0.324 e. The number of hydrogen-bond acceptors (Lipinski definition) is 3. The van der Waals surface area contributed by atoms with Crippen LogP contribution in [0.1, 0.15) is 6.92 Å². The Kier molecular flexibility index (Phi) is 4.78. The normalized spacial score (nSPS) is 12.3. The Morgan fingerprint density at radius 3 is 2.79 bits per heavy atom. The minimum absolute atomic E-state index is 0.170. The van der Waals surface area contributed by atoms with Gasteiger partial charge in [-0.3, -0.25) is 4.79 Å². The molecule has 124 valence electrons. The molecule has 0 bridgehead atoms. The lowest BCUT2D eigenvalue weighted by Gasteiger charge is -2.12. The Morgan fingerprint density at radius 1 is 1.33 bits per heavy atom. The van der Waals surface area contributed by atoms with Gasteiger partial charge >= 0.3 is 0 Å². The number of halogens is 2. The number of aryl methyl sites for hydroxylation is 1. The largest absolute Gasteiger partial charge is 0.324 e. The molecule has 3 rings (SSSR count). The van der Waals surface area contributed by atoms with Crippen molar-refractivity contribution >= 4 is 46.0 Å². The molecule has 1 amide bonds. The summed E-state index contributed by atoms with van der Waals surface area (Å²) in [7, 11) is 1.92. The van der Waals surface area contributed by atoms with Crippen molar-refractivity contribution in [3.05, 3.63) is 53.3 Å². The molecular formula is C17H15ClFN3OS. The maximum absolute atomic E-state index is 13.1. The Balaban J connectivity index is 1.74. The zero-order valence-corrected chi connectivity index (χ0v) is 14.7. The van der Waals surface area contributed by atoms with Gasteiger partial charge in [0.2, 0.25) is 5.91 Å². The predicted molar refractivity (Wildman–Crippen MR) is 96.1 cm³/mol. The van der Waals surface area contributed by atoms with Crippen molar-refractivity contribution in [3.63, 3.8) is 0 Å². The van der Waals surface area contributed by atoms with Crippen molar-refractivity contribution in [1.82, 2.24) is 9.55 Å². The number of carbonyl (C=O) groups is 1. The van der Waals surface area contributed by atoms with E-state index >= 15 is 0 Å². The molecule has 4 nitrogen and oxygen atoms in total. The van der Waals surface area contributed by atoms with Gasteiger partial charge in [0.25, 0.3) is 0 Å². The van der Waals surface area contributed by atoms with Crippen LogP contribution in [0.15, 0.2) is 47.6 Å². The van der Waals surface area contributed by atoms with Crippen LogP contribution in [0.2, 0.25) is 5.02 Å². The van der Waals surface area contributed by atoms with Crippen LogP contribution in [0.5, 0.6) is 0 Å². The third kappa shape index (κ3) is 3.39. The summed E-state index contributed by atoms with van der Waals surface area (Å²) in [6, 6.07) is 11.7. The zero-order valence-electron chi connectivity index (χ0n) is 13.1. The molecule has 2 aromatic carbocycles. The summed E-state index contributed by atoms with van der Waals surface area (Å²) in [5.74, 6) is -0.666. The van der Waals surface area contributed by atoms with E-state index in [-0.39, 0.29) is 16.2 Å². The molecule has 1 atom stereocenters. The fraction of sp³-hybridized carbons (Fsp3) is 0.176. The Morgan fingerprint density at radius 2 is 2.08 bits per heavy atom. The van der Waals surface area contributed by atoms with Gasteiger partial charge in [0.05, 0.1) is 27.0 Å². The number of nitrogens with one attached hydrogen (secondary N) is 1. The predicted octanol–water partition coefficient (Wildman–Crippen LogP) is 4.49. The maximum atomic E-state index is 13.1. The summed E-state index contributed by atoms with van der Waals surface area (Å²) in [6.45, 7) is 1.79. The molecule has 3 aromatic rings. The molecule has 0 aliphatic carbocycles. The van der Waals surface area contributed by atoms with Gasteiger partial charge in [-0.15, -0.1) is 0 Å². The summed E-state index contributed by atoms with van der Waals surface area (Å²) >= 11 is 7.29. The first-order valence-electron chi connectivity index (χ1n) is 7.29. The fourth-order valence-corrected chi connectivity index (χ4v) is 3.37. The number of anilines is 1. The SMILES string of the molecule is CC(Sc1nc2ccccc2n1C)C(=O)Nc1ccc(F)cc1Cl. The van der Waals surface area contributed by atoms with Crippen molar-refractivity contribution in [1.29, 1.82) is 0 Å². The topological polar surface area (TPSA) is 46.9 Å². The molecule has 0 saturated heterocycles. The number of amides is 1. The number of carbonyl (C=O) groups excluding carboxylic acids is 1. The molecule has 1 heterocycles. The lowest BCUT2D eigenvalue weighted by Crippen LogP contribution is -2.23. The van der Waals surface area contributed by atoms with Crippen molar-refractivity contribution in [2.45, 2.75) is 17.3 Å². The summed E-state index contributed by atoms with van der Waals surface area (Å²) in [5, 5.41) is 3.25. The van der Waals surface area contributed by atoms with E-state index in [1.54, 1.807) is 6.92 Å². The third-order valence-electron chi connectivity index (χ3n) is 3.59. The standard InChI is InChI=1S/C17H15ClFN3OS/c1-10(16(23)20-13-8-7-11(19)9-12(13)18)24-17-21-14-5-3-4-6-15(14)22(17)2/h3-10H,1-2H3,(H,20,23). The molecule has 0 saturated carbocycles. The first-order chi connectivity index (χ1) is 11.5. The van der Waals surface area contributed by atoms with E-state index in [0.717, 1.165) is 16.2 Å². The first kappa shape index (κ1) is 16.8. The van der Waals surface area contributed by atoms with E-state index in [9.17, 15) is 9.18 Å². The van der Waals surface area contributed by atoms with Crippen molar-refractivity contribution < 1.29 is 9.18 Å². The van der Waals surface area contributed by atoms with Crippen LogP contribution in [0.4, 0.5) is 10.1 Å². The highest BCUT2D eigenvalue weighted by Crippen LogP contribution is 2.28. The average Bonchev–Trinajstić information content (AvgIpc) is 2.86. The maximum Gasteiger partial charge on any atom is 0.237 e. The van der Waals surface area contributed by atoms with Gasteiger partial charge in [-0.25, -0.2) is 9.37 Å². The smallest absolute Gasteiger partial charge is 0.237 e. The van der Waals surface area contributed by atoms with Gasteiger partial charge in [-0.2, -0.15) is 0 Å². The van der Waals surface area contributed by atoms with Crippen molar-refractivity contribution in [2.75, 3.05) is 5.32 Å². The number of fused-ring (bicyclic) bond motifs is 1. The molecule has 0 spiro atoms. The number of benzene rings is 2. The van der Waals surface area contributed by atoms with Gasteiger partial charge < -0.3 is 9.88 Å². The molecular weight excluding hydrogens is 349 g/mol. The number of hydrogen-bond donors (Lipinski definition) is 1. The van der Waals surface area contributed by atoms with Crippen LogP contribution >= 0.6 is 23.4 Å². The lowest BCUT2D eigenvalue weighted by atomic mass is 10.3. The molecule has 1 N–H and O–H groups in total. The second kappa shape index (κ2) is 6.83. The number of rotatable bonds is 4. The van der Waals surface area contributed by atoms with E-state index < -0.39 is 5.82 Å². The third-order valence-corrected chi connectivity index (χ3v) is 5.04. The molecule has 0 aliphatic rings. The highest BCUT2D eigenvalue weighted by Gasteiger charge is 2.19. The van der Waals surface area contributed by atoms with Crippen LogP contribution < -0.4 is 5.32 Å². The summed E-state index contributed by atoms with van der Waals surface area (Å²) in [4.78, 5) is 16.9. The number of nitrogens with zero attached hydrogens (tertiary/aromatic N) is 2. The van der Waals surface area contributed by atoms with E-state index in [0.29, 0.717) is 5.69 Å². The van der Waals surface area contributed by atoms with Crippen molar-refractivity contribution in [3.8, 4) is 0 Å². The Bertz CT molecular complexity index is 912. The van der Waals surface area contributed by atoms with Crippen LogP contribution in [0, 0.1) is 5.82 Å². The summed E-state index contributed by atoms with van der Waals surface area (Å²) in [5.41, 5.74) is 2.28. The fourth-order valence-electron chi connectivity index (χ4n) is 2.27. The highest BCUT2D eigenvalue weighted by atomic mass is 35.5. The molecule has 0 aliphatic heterocycles. The summed E-state index contributed by atoms with van der Waals surface area (Å²) < 4.78 is 15.0. The Labute approximate surface area is 148 Å². The van der Waals surface area contributed by atoms with Gasteiger partial charge in [0.1, 0.15) is 5.82 Å².